The Bertz CT molecular complexity index is 3380. The maximum Gasteiger partial charge on any atom is 0.296 e. The Labute approximate surface area is 356 Å². The predicted octanol–water partition coefficient (Wildman–Crippen LogP) is 7.71. The quantitative estimate of drug-likeness (QED) is 0.0351. The first kappa shape index (κ1) is 45.4. The number of ether oxygens (including phenoxy) is 1. The number of aromatic hydroxyl groups is 1. The number of amides is 1. The number of nitrogens with one attached hydrogen (secondary N) is 1. The molecule has 0 atom stereocenters. The molecule has 6 aromatic carbocycles. The summed E-state index contributed by atoms with van der Waals surface area (Å²) in [7, 11) is -19.9. The number of carbonyl (C=O) groups excluding carboxylic acids is 1. The number of benzene rings is 6. The Kier molecular flexibility index (Phi) is 12.2. The highest BCUT2D eigenvalue weighted by atomic mass is 35.5. The molecule has 324 valence electrons. The SMILES string of the molecule is CCOc1cc(N=Nc2c(C)cc(S(=O)(=O)O)cc2Cl)c2cc(S(=O)(=O)O)ccc2c1N=Nc1c(S(=O)(=O)O)cc2cc(S(=O)(=O)O)cc(NC(=O)c3ccc(N)cc3)c2c1O. The van der Waals surface area contributed by atoms with Crippen LogP contribution in [0.2, 0.25) is 5.02 Å². The molecule has 6 rings (SSSR count). The zero-order valence-electron chi connectivity index (χ0n) is 31.4. The Hall–Kier alpha value is -6.16. The fourth-order valence-corrected chi connectivity index (χ4v) is 8.64. The molecule has 0 heterocycles. The van der Waals surface area contributed by atoms with Crippen molar-refractivity contribution in [3.8, 4) is 11.5 Å². The molecule has 0 aromatic heterocycles. The molecule has 6 aromatic rings. The van der Waals surface area contributed by atoms with Gasteiger partial charge in [-0.25, -0.2) is 0 Å². The minimum absolute atomic E-state index is 0.00215. The van der Waals surface area contributed by atoms with E-state index in [9.17, 15) is 61.8 Å². The van der Waals surface area contributed by atoms with Crippen molar-refractivity contribution in [3.05, 3.63) is 95.0 Å². The summed E-state index contributed by atoms with van der Waals surface area (Å²) in [6.45, 7) is 2.90. The molecule has 26 heteroatoms. The van der Waals surface area contributed by atoms with E-state index >= 15 is 0 Å². The van der Waals surface area contributed by atoms with Gasteiger partial charge in [0.05, 0.1) is 37.7 Å². The smallest absolute Gasteiger partial charge is 0.296 e. The number of halogens is 1. The minimum Gasteiger partial charge on any atom is -0.505 e. The third-order valence-electron chi connectivity index (χ3n) is 8.77. The topological polar surface area (TPSA) is 351 Å². The van der Waals surface area contributed by atoms with E-state index in [0.29, 0.717) is 11.8 Å². The van der Waals surface area contributed by atoms with Crippen LogP contribution in [0.15, 0.2) is 119 Å². The average molecular weight is 949 g/mol. The third-order valence-corrected chi connectivity index (χ3v) is 12.4. The standard InChI is InChI=1S/C36H29ClN6O15S4/c1-3-58-29-16-27(40-41-32-17(2)10-22(14-26(32)37)60(49,50)51)25-13-21(59(46,47)48)8-9-24(25)33(29)42-43-34-30(62(55,56)57)12-19-11-23(61(52,53)54)15-28(31(19)35(34)44)39-36(45)18-4-6-20(38)7-5-18/h4-16,44H,3,38H2,1-2H3,(H,39,45)(H,46,47,48)(H,49,50,51)(H,52,53,54)(H,55,56,57). The van der Waals surface area contributed by atoms with E-state index in [1.165, 1.54) is 37.3 Å². The molecule has 8 N–H and O–H groups in total. The number of anilines is 2. The number of aryl methyl sites for hydroxylation is 1. The lowest BCUT2D eigenvalue weighted by atomic mass is 10.1. The summed E-state index contributed by atoms with van der Waals surface area (Å²) in [5.74, 6) is -2.13. The number of hydrogen-bond donors (Lipinski definition) is 7. The van der Waals surface area contributed by atoms with Crippen LogP contribution in [0.1, 0.15) is 22.8 Å². The zero-order valence-corrected chi connectivity index (χ0v) is 35.4. The molecular formula is C36H29ClN6O15S4. The first-order valence-corrected chi connectivity index (χ1v) is 23.2. The van der Waals surface area contributed by atoms with Crippen molar-refractivity contribution in [3.63, 3.8) is 0 Å². The van der Waals surface area contributed by atoms with E-state index in [-0.39, 0.29) is 56.3 Å². The summed E-state index contributed by atoms with van der Waals surface area (Å²) >= 11 is 6.27. The number of phenols is 1. The Morgan fingerprint density at radius 3 is 1.87 bits per heavy atom. The molecule has 0 aliphatic heterocycles. The Morgan fingerprint density at radius 2 is 1.29 bits per heavy atom. The van der Waals surface area contributed by atoms with Crippen molar-refractivity contribution < 1.29 is 66.5 Å². The van der Waals surface area contributed by atoms with Crippen LogP contribution in [0.5, 0.6) is 11.5 Å². The van der Waals surface area contributed by atoms with E-state index in [0.717, 1.165) is 42.5 Å². The lowest BCUT2D eigenvalue weighted by molar-refractivity contribution is 0.102. The van der Waals surface area contributed by atoms with Crippen molar-refractivity contribution in [2.75, 3.05) is 17.7 Å². The number of fused-ring (bicyclic) bond motifs is 2. The summed E-state index contributed by atoms with van der Waals surface area (Å²) in [6.07, 6.45) is 0. The van der Waals surface area contributed by atoms with Gasteiger partial charge in [-0.15, -0.1) is 20.5 Å². The summed E-state index contributed by atoms with van der Waals surface area (Å²) in [5, 5.41) is 29.1. The monoisotopic (exact) mass is 948 g/mol. The molecule has 0 unspecified atom stereocenters. The minimum atomic E-state index is -5.36. The van der Waals surface area contributed by atoms with E-state index in [1.54, 1.807) is 6.92 Å². The van der Waals surface area contributed by atoms with E-state index in [2.05, 4.69) is 25.8 Å². The molecule has 0 aliphatic carbocycles. The van der Waals surface area contributed by atoms with E-state index in [4.69, 9.17) is 22.1 Å². The second kappa shape index (κ2) is 16.6. The molecule has 0 saturated carbocycles. The van der Waals surface area contributed by atoms with Crippen molar-refractivity contribution in [2.45, 2.75) is 33.4 Å². The van der Waals surface area contributed by atoms with Gasteiger partial charge < -0.3 is 20.9 Å². The molecule has 0 spiro atoms. The van der Waals surface area contributed by atoms with Gasteiger partial charge in [0.1, 0.15) is 27.7 Å². The normalized spacial score (nSPS) is 12.8. The molecule has 0 fully saturated rings. The van der Waals surface area contributed by atoms with Gasteiger partial charge >= 0.3 is 0 Å². The van der Waals surface area contributed by atoms with Crippen LogP contribution in [-0.4, -0.2) is 69.5 Å². The van der Waals surface area contributed by atoms with Gasteiger partial charge in [0.15, 0.2) is 5.75 Å². The average Bonchev–Trinajstić information content (AvgIpc) is 3.16. The zero-order chi connectivity index (χ0) is 45.7. The van der Waals surface area contributed by atoms with Gasteiger partial charge in [0.2, 0.25) is 0 Å². The van der Waals surface area contributed by atoms with Crippen molar-refractivity contribution in [1.29, 1.82) is 0 Å². The van der Waals surface area contributed by atoms with Gasteiger partial charge in [-0.2, -0.15) is 33.7 Å². The number of nitrogen functional groups attached to an aromatic ring is 1. The van der Waals surface area contributed by atoms with Crippen LogP contribution in [-0.2, 0) is 40.5 Å². The van der Waals surface area contributed by atoms with Crippen LogP contribution in [0, 0.1) is 6.92 Å². The number of nitrogens with zero attached hydrogens (tertiary/aromatic N) is 4. The van der Waals surface area contributed by atoms with Gasteiger partial charge in [-0.1, -0.05) is 17.7 Å². The molecule has 0 bridgehead atoms. The summed E-state index contributed by atoms with van der Waals surface area (Å²) in [4.78, 5) is 10.1. The highest BCUT2D eigenvalue weighted by molar-refractivity contribution is 7.86. The largest absolute Gasteiger partial charge is 0.505 e. The van der Waals surface area contributed by atoms with Crippen LogP contribution in [0.3, 0.4) is 0 Å². The van der Waals surface area contributed by atoms with Crippen LogP contribution < -0.4 is 15.8 Å². The Balaban J connectivity index is 1.61. The molecule has 1 amide bonds. The molecule has 0 radical (unpaired) electrons. The number of phenolic OH excluding ortho intramolecular Hbond substituents is 1. The molecular weight excluding hydrogens is 920 g/mol. The van der Waals surface area contributed by atoms with E-state index < -0.39 is 93.9 Å². The fraction of sp³-hybridized carbons (Fsp3) is 0.0833. The van der Waals surface area contributed by atoms with Crippen LogP contribution >= 0.6 is 11.6 Å². The number of carbonyl (C=O) groups is 1. The highest BCUT2D eigenvalue weighted by Gasteiger charge is 2.27. The maximum atomic E-state index is 13.3. The summed E-state index contributed by atoms with van der Waals surface area (Å²) < 4.78 is 143. The number of azo groups is 2. The van der Waals surface area contributed by atoms with Gasteiger partial charge in [0.25, 0.3) is 46.4 Å². The summed E-state index contributed by atoms with van der Waals surface area (Å²) in [5.41, 5.74) is 4.18. The lowest BCUT2D eigenvalue weighted by Crippen LogP contribution is -2.13. The van der Waals surface area contributed by atoms with Crippen LogP contribution in [0.4, 0.5) is 34.1 Å². The van der Waals surface area contributed by atoms with Crippen molar-refractivity contribution in [1.82, 2.24) is 0 Å². The van der Waals surface area contributed by atoms with Crippen molar-refractivity contribution in [2.24, 2.45) is 20.5 Å². The molecule has 62 heavy (non-hydrogen) atoms. The second-order valence-corrected chi connectivity index (χ2v) is 19.0. The fourth-order valence-electron chi connectivity index (χ4n) is 5.97. The van der Waals surface area contributed by atoms with Gasteiger partial charge in [-0.05, 0) is 91.5 Å². The first-order valence-electron chi connectivity index (χ1n) is 17.1. The predicted molar refractivity (Wildman–Crippen MR) is 223 cm³/mol. The molecule has 0 aliphatic rings. The van der Waals surface area contributed by atoms with Crippen LogP contribution in [0.25, 0.3) is 21.5 Å². The number of rotatable bonds is 12. The lowest BCUT2D eigenvalue weighted by Gasteiger charge is -2.15. The maximum absolute atomic E-state index is 13.3. The summed E-state index contributed by atoms with van der Waals surface area (Å²) in [6, 6.07) is 13.8. The van der Waals surface area contributed by atoms with Gasteiger partial charge in [-0.3, -0.25) is 23.0 Å². The van der Waals surface area contributed by atoms with Crippen molar-refractivity contribution >= 4 is 114 Å². The first-order chi connectivity index (χ1) is 28.8. The van der Waals surface area contributed by atoms with E-state index in [1.807, 2.05) is 0 Å². The van der Waals surface area contributed by atoms with Gasteiger partial charge in [0, 0.05) is 33.5 Å². The third kappa shape index (κ3) is 9.49. The molecule has 0 saturated heterocycles. The Morgan fingerprint density at radius 1 is 0.694 bits per heavy atom. The molecule has 21 nitrogen and oxygen atoms in total. The number of hydrogen-bond acceptors (Lipinski definition) is 16. The second-order valence-electron chi connectivity index (χ2n) is 13.0. The highest BCUT2D eigenvalue weighted by Crippen LogP contribution is 2.48. The number of nitrogens with two attached hydrogens (primary N) is 1.